The van der Waals surface area contributed by atoms with Gasteiger partial charge in [-0.05, 0) is 43.4 Å². The van der Waals surface area contributed by atoms with E-state index in [1.165, 1.54) is 0 Å². The molecule has 1 aromatic rings. The highest BCUT2D eigenvalue weighted by Crippen LogP contribution is 2.36. The molecule has 0 aromatic heterocycles. The number of amides is 3. The Morgan fingerprint density at radius 2 is 1.95 bits per heavy atom. The topological polar surface area (TPSA) is 75.3 Å². The molecule has 1 saturated heterocycles. The molecule has 0 bridgehead atoms. The van der Waals surface area contributed by atoms with Crippen LogP contribution in [0.15, 0.2) is 24.3 Å². The third kappa shape index (κ3) is 2.63. The Labute approximate surface area is 129 Å². The van der Waals surface area contributed by atoms with Gasteiger partial charge >= 0.3 is 0 Å². The number of nitrogens with one attached hydrogen (secondary N) is 2. The van der Waals surface area contributed by atoms with Crippen LogP contribution in [0, 0.1) is 5.92 Å². The van der Waals surface area contributed by atoms with E-state index in [4.69, 9.17) is 0 Å². The first-order valence-electron chi connectivity index (χ1n) is 7.81. The van der Waals surface area contributed by atoms with Crippen LogP contribution >= 0.6 is 0 Å². The second kappa shape index (κ2) is 5.55. The minimum absolute atomic E-state index is 0.0685. The van der Waals surface area contributed by atoms with Crippen LogP contribution in [0.1, 0.15) is 44.6 Å². The second-order valence-corrected chi connectivity index (χ2v) is 6.15. The van der Waals surface area contributed by atoms with Crippen LogP contribution in [-0.4, -0.2) is 17.7 Å². The van der Waals surface area contributed by atoms with Gasteiger partial charge in [-0.15, -0.1) is 0 Å². The van der Waals surface area contributed by atoms with Gasteiger partial charge < -0.3 is 5.32 Å². The number of rotatable bonds is 4. The van der Waals surface area contributed by atoms with Crippen molar-refractivity contribution in [2.24, 2.45) is 5.92 Å². The van der Waals surface area contributed by atoms with E-state index in [-0.39, 0.29) is 23.6 Å². The van der Waals surface area contributed by atoms with Gasteiger partial charge in [0.1, 0.15) is 0 Å². The van der Waals surface area contributed by atoms with Crippen molar-refractivity contribution in [3.05, 3.63) is 29.8 Å². The molecule has 1 aliphatic carbocycles. The lowest BCUT2D eigenvalue weighted by molar-refractivity contribution is -0.138. The lowest BCUT2D eigenvalue weighted by Crippen LogP contribution is -2.51. The van der Waals surface area contributed by atoms with Crippen molar-refractivity contribution < 1.29 is 14.4 Å². The molecule has 1 aliphatic heterocycles. The molecule has 5 nitrogen and oxygen atoms in total. The largest absolute Gasteiger partial charge is 0.326 e. The van der Waals surface area contributed by atoms with E-state index in [1.54, 1.807) is 0 Å². The Hall–Kier alpha value is -2.17. The quantitative estimate of drug-likeness (QED) is 0.836. The fraction of sp³-hybridized carbons (Fsp3) is 0.471. The van der Waals surface area contributed by atoms with Gasteiger partial charge in [-0.25, -0.2) is 0 Å². The fourth-order valence-corrected chi connectivity index (χ4v) is 3.03. The van der Waals surface area contributed by atoms with Gasteiger partial charge in [0.25, 0.3) is 0 Å². The molecule has 3 amide bonds. The van der Waals surface area contributed by atoms with E-state index in [0.717, 1.165) is 24.1 Å². The maximum atomic E-state index is 12.3. The SMILES string of the molecule is CCC1(c2ccc(NC(=O)C3CC3)cc2)CCC(=O)NC1=O. The summed E-state index contributed by atoms with van der Waals surface area (Å²) >= 11 is 0. The molecule has 2 N–H and O–H groups in total. The summed E-state index contributed by atoms with van der Waals surface area (Å²) in [5, 5.41) is 5.33. The van der Waals surface area contributed by atoms with Crippen molar-refractivity contribution in [3.8, 4) is 0 Å². The van der Waals surface area contributed by atoms with Crippen LogP contribution in [0.25, 0.3) is 0 Å². The maximum Gasteiger partial charge on any atom is 0.237 e. The van der Waals surface area contributed by atoms with E-state index in [1.807, 2.05) is 31.2 Å². The first-order chi connectivity index (χ1) is 10.5. The molecule has 0 radical (unpaired) electrons. The van der Waals surface area contributed by atoms with Crippen molar-refractivity contribution in [3.63, 3.8) is 0 Å². The predicted molar refractivity (Wildman–Crippen MR) is 82.1 cm³/mol. The lowest BCUT2D eigenvalue weighted by atomic mass is 9.72. The minimum atomic E-state index is -0.646. The number of anilines is 1. The highest BCUT2D eigenvalue weighted by Gasteiger charge is 2.42. The van der Waals surface area contributed by atoms with E-state index < -0.39 is 5.41 Å². The van der Waals surface area contributed by atoms with Crippen LogP contribution in [0.3, 0.4) is 0 Å². The minimum Gasteiger partial charge on any atom is -0.326 e. The average molecular weight is 300 g/mol. The van der Waals surface area contributed by atoms with E-state index in [9.17, 15) is 14.4 Å². The van der Waals surface area contributed by atoms with Crippen LogP contribution in [0.2, 0.25) is 0 Å². The number of piperidine rings is 1. The molecule has 1 atom stereocenters. The third-order valence-corrected chi connectivity index (χ3v) is 4.72. The molecule has 1 unspecified atom stereocenters. The highest BCUT2D eigenvalue weighted by atomic mass is 16.2. The van der Waals surface area contributed by atoms with Crippen LogP contribution in [-0.2, 0) is 19.8 Å². The number of hydrogen-bond donors (Lipinski definition) is 2. The molecule has 1 aromatic carbocycles. The van der Waals surface area contributed by atoms with Gasteiger partial charge in [0.2, 0.25) is 17.7 Å². The van der Waals surface area contributed by atoms with Crippen molar-refractivity contribution >= 4 is 23.4 Å². The molecule has 2 aliphatic rings. The molecule has 3 rings (SSSR count). The zero-order chi connectivity index (χ0) is 15.7. The van der Waals surface area contributed by atoms with Crippen molar-refractivity contribution in [2.75, 3.05) is 5.32 Å². The summed E-state index contributed by atoms with van der Waals surface area (Å²) in [6.45, 7) is 1.96. The second-order valence-electron chi connectivity index (χ2n) is 6.15. The van der Waals surface area contributed by atoms with Crippen molar-refractivity contribution in [1.29, 1.82) is 0 Å². The van der Waals surface area contributed by atoms with Crippen molar-refractivity contribution in [2.45, 2.75) is 44.4 Å². The standard InChI is InChI=1S/C17H20N2O3/c1-2-17(10-9-14(20)19-16(17)22)12-5-7-13(8-6-12)18-15(21)11-3-4-11/h5-8,11H,2-4,9-10H2,1H3,(H,18,21)(H,19,20,22). The van der Waals surface area contributed by atoms with E-state index in [0.29, 0.717) is 19.3 Å². The first kappa shape index (κ1) is 14.8. The summed E-state index contributed by atoms with van der Waals surface area (Å²) in [5.74, 6) is -0.195. The Kier molecular flexibility index (Phi) is 3.72. The zero-order valence-electron chi connectivity index (χ0n) is 12.6. The molecule has 22 heavy (non-hydrogen) atoms. The number of carbonyl (C=O) groups excluding carboxylic acids is 3. The molecule has 0 spiro atoms. The van der Waals surface area contributed by atoms with Crippen LogP contribution in [0.4, 0.5) is 5.69 Å². The predicted octanol–water partition coefficient (Wildman–Crippen LogP) is 2.12. The number of hydrogen-bond acceptors (Lipinski definition) is 3. The van der Waals surface area contributed by atoms with Crippen molar-refractivity contribution in [1.82, 2.24) is 5.32 Å². The molecular weight excluding hydrogens is 280 g/mol. The molecule has 1 saturated carbocycles. The van der Waals surface area contributed by atoms with Gasteiger partial charge in [0, 0.05) is 18.0 Å². The molecule has 116 valence electrons. The molecular formula is C17H20N2O3. The monoisotopic (exact) mass is 300 g/mol. The number of imide groups is 1. The Morgan fingerprint density at radius 1 is 1.27 bits per heavy atom. The maximum absolute atomic E-state index is 12.3. The van der Waals surface area contributed by atoms with Crippen LogP contribution < -0.4 is 10.6 Å². The molecule has 2 fully saturated rings. The average Bonchev–Trinajstić information content (AvgIpc) is 3.34. The third-order valence-electron chi connectivity index (χ3n) is 4.72. The van der Waals surface area contributed by atoms with E-state index >= 15 is 0 Å². The Balaban J connectivity index is 1.79. The van der Waals surface area contributed by atoms with Crippen LogP contribution in [0.5, 0.6) is 0 Å². The smallest absolute Gasteiger partial charge is 0.237 e. The zero-order valence-corrected chi connectivity index (χ0v) is 12.6. The van der Waals surface area contributed by atoms with Gasteiger partial charge in [-0.3, -0.25) is 19.7 Å². The Morgan fingerprint density at radius 3 is 2.50 bits per heavy atom. The first-order valence-corrected chi connectivity index (χ1v) is 7.81. The normalized spacial score (nSPS) is 24.8. The summed E-state index contributed by atoms with van der Waals surface area (Å²) in [6.07, 6.45) is 3.47. The van der Waals surface area contributed by atoms with Gasteiger partial charge in [-0.2, -0.15) is 0 Å². The number of benzene rings is 1. The van der Waals surface area contributed by atoms with Gasteiger partial charge in [-0.1, -0.05) is 19.1 Å². The Bertz CT molecular complexity index is 619. The summed E-state index contributed by atoms with van der Waals surface area (Å²) in [7, 11) is 0. The molecule has 1 heterocycles. The molecule has 5 heteroatoms. The summed E-state index contributed by atoms with van der Waals surface area (Å²) < 4.78 is 0. The van der Waals surface area contributed by atoms with Gasteiger partial charge in [0.15, 0.2) is 0 Å². The fourth-order valence-electron chi connectivity index (χ4n) is 3.03. The highest BCUT2D eigenvalue weighted by molar-refractivity contribution is 6.03. The summed E-state index contributed by atoms with van der Waals surface area (Å²) in [5.41, 5.74) is 0.996. The summed E-state index contributed by atoms with van der Waals surface area (Å²) in [6, 6.07) is 7.41. The summed E-state index contributed by atoms with van der Waals surface area (Å²) in [4.78, 5) is 35.4. The van der Waals surface area contributed by atoms with Gasteiger partial charge in [0.05, 0.1) is 5.41 Å². The van der Waals surface area contributed by atoms with E-state index in [2.05, 4.69) is 10.6 Å². The lowest BCUT2D eigenvalue weighted by Gasteiger charge is -2.35. The number of carbonyl (C=O) groups is 3.